The third-order valence-corrected chi connectivity index (χ3v) is 4.35. The fourth-order valence-electron chi connectivity index (χ4n) is 2.02. The maximum Gasteiger partial charge on any atom is 0.0847 e. The van der Waals surface area contributed by atoms with Crippen LogP contribution in [0.2, 0.25) is 10.0 Å². The first-order chi connectivity index (χ1) is 8.90. The van der Waals surface area contributed by atoms with Crippen LogP contribution >= 0.6 is 39.1 Å². The average molecular weight is 363 g/mol. The topological polar surface area (TPSA) is 43.8 Å². The molecule has 0 aliphatic heterocycles. The summed E-state index contributed by atoms with van der Waals surface area (Å²) in [7, 11) is 1.87. The Hall–Kier alpha value is -0.550. The van der Waals surface area contributed by atoms with Crippen LogP contribution in [-0.4, -0.2) is 9.78 Å². The minimum Gasteiger partial charge on any atom is -0.324 e. The second-order valence-corrected chi connectivity index (χ2v) is 6.15. The summed E-state index contributed by atoms with van der Waals surface area (Å²) in [5.41, 5.74) is 8.86. The Morgan fingerprint density at radius 1 is 1.42 bits per heavy atom. The Balaban J connectivity index is 2.28. The van der Waals surface area contributed by atoms with Crippen molar-refractivity contribution in [1.82, 2.24) is 9.78 Å². The second kappa shape index (κ2) is 5.83. The Morgan fingerprint density at radius 2 is 2.11 bits per heavy atom. The second-order valence-electron chi connectivity index (χ2n) is 4.45. The molecule has 102 valence electrons. The van der Waals surface area contributed by atoms with Gasteiger partial charge in [-0.15, -0.1) is 0 Å². The molecule has 1 atom stereocenters. The highest BCUT2D eigenvalue weighted by molar-refractivity contribution is 9.10. The summed E-state index contributed by atoms with van der Waals surface area (Å²) in [6.45, 7) is 1.88. The zero-order chi connectivity index (χ0) is 14.2. The van der Waals surface area contributed by atoms with Gasteiger partial charge in [0.2, 0.25) is 0 Å². The SMILES string of the molecule is Cc1nn(C)c(CC(N)c2ccc(Br)cc2Cl)c1Cl. The fraction of sp³-hybridized carbons (Fsp3) is 0.308. The molecule has 1 aromatic carbocycles. The van der Waals surface area contributed by atoms with Gasteiger partial charge >= 0.3 is 0 Å². The average Bonchev–Trinajstić information content (AvgIpc) is 2.56. The number of nitrogens with two attached hydrogens (primary N) is 1. The minimum atomic E-state index is -0.215. The molecule has 3 nitrogen and oxygen atoms in total. The summed E-state index contributed by atoms with van der Waals surface area (Å²) in [6, 6.07) is 5.48. The highest BCUT2D eigenvalue weighted by Gasteiger charge is 2.17. The smallest absolute Gasteiger partial charge is 0.0847 e. The van der Waals surface area contributed by atoms with E-state index in [0.717, 1.165) is 21.4 Å². The monoisotopic (exact) mass is 361 g/mol. The van der Waals surface area contributed by atoms with E-state index in [-0.39, 0.29) is 6.04 Å². The standard InChI is InChI=1S/C13H14BrCl2N3/c1-7-13(16)12(19(2)18-7)6-11(17)9-4-3-8(14)5-10(9)15/h3-5,11H,6,17H2,1-2H3. The molecule has 2 rings (SSSR count). The molecule has 6 heteroatoms. The maximum absolute atomic E-state index is 6.23. The molecule has 1 aromatic heterocycles. The van der Waals surface area contributed by atoms with E-state index in [1.54, 1.807) is 4.68 Å². The van der Waals surface area contributed by atoms with E-state index in [1.165, 1.54) is 0 Å². The molecule has 0 aliphatic rings. The van der Waals surface area contributed by atoms with Crippen LogP contribution in [0.3, 0.4) is 0 Å². The summed E-state index contributed by atoms with van der Waals surface area (Å²) in [5.74, 6) is 0. The molecule has 0 radical (unpaired) electrons. The number of hydrogen-bond acceptors (Lipinski definition) is 2. The van der Waals surface area contributed by atoms with Gasteiger partial charge in [-0.3, -0.25) is 4.68 Å². The van der Waals surface area contributed by atoms with Gasteiger partial charge in [0.05, 0.1) is 16.4 Å². The molecular weight excluding hydrogens is 349 g/mol. The van der Waals surface area contributed by atoms with Crippen molar-refractivity contribution in [3.05, 3.63) is 49.7 Å². The molecule has 0 aliphatic carbocycles. The molecule has 2 N–H and O–H groups in total. The Morgan fingerprint density at radius 3 is 2.63 bits per heavy atom. The molecule has 0 fully saturated rings. The van der Waals surface area contributed by atoms with Crippen LogP contribution in [0.15, 0.2) is 22.7 Å². The van der Waals surface area contributed by atoms with Gasteiger partial charge in [0, 0.05) is 29.0 Å². The molecule has 2 aromatic rings. The number of rotatable bonds is 3. The lowest BCUT2D eigenvalue weighted by Gasteiger charge is -2.14. The van der Waals surface area contributed by atoms with Crippen LogP contribution in [0.5, 0.6) is 0 Å². The summed E-state index contributed by atoms with van der Waals surface area (Å²) in [6.07, 6.45) is 0.595. The van der Waals surface area contributed by atoms with Gasteiger partial charge in [0.1, 0.15) is 0 Å². The van der Waals surface area contributed by atoms with E-state index >= 15 is 0 Å². The van der Waals surface area contributed by atoms with Crippen molar-refractivity contribution in [3.8, 4) is 0 Å². The summed E-state index contributed by atoms with van der Waals surface area (Å²) >= 11 is 15.8. The van der Waals surface area contributed by atoms with Gasteiger partial charge in [-0.25, -0.2) is 0 Å². The van der Waals surface area contributed by atoms with Crippen molar-refractivity contribution >= 4 is 39.1 Å². The lowest BCUT2D eigenvalue weighted by atomic mass is 10.0. The van der Waals surface area contributed by atoms with E-state index < -0.39 is 0 Å². The first-order valence-corrected chi connectivity index (χ1v) is 7.33. The highest BCUT2D eigenvalue weighted by Crippen LogP contribution is 2.29. The zero-order valence-corrected chi connectivity index (χ0v) is 13.7. The lowest BCUT2D eigenvalue weighted by molar-refractivity contribution is 0.640. The first kappa shape index (κ1) is 14.9. The molecule has 0 amide bonds. The molecule has 0 spiro atoms. The number of halogens is 3. The van der Waals surface area contributed by atoms with Crippen LogP contribution in [0.1, 0.15) is 23.0 Å². The van der Waals surface area contributed by atoms with Gasteiger partial charge in [0.25, 0.3) is 0 Å². The van der Waals surface area contributed by atoms with Crippen molar-refractivity contribution in [2.45, 2.75) is 19.4 Å². The molecule has 19 heavy (non-hydrogen) atoms. The van der Waals surface area contributed by atoms with Gasteiger partial charge in [-0.2, -0.15) is 5.10 Å². The molecule has 1 heterocycles. The van der Waals surface area contributed by atoms with Crippen molar-refractivity contribution in [2.24, 2.45) is 12.8 Å². The molecule has 0 saturated carbocycles. The number of benzene rings is 1. The van der Waals surface area contributed by atoms with Crippen LogP contribution in [0, 0.1) is 6.92 Å². The Kier molecular flexibility index (Phi) is 4.56. The summed E-state index contributed by atoms with van der Waals surface area (Å²) < 4.78 is 2.70. The molecule has 1 unspecified atom stereocenters. The zero-order valence-electron chi connectivity index (χ0n) is 10.6. The number of aromatic nitrogens is 2. The van der Waals surface area contributed by atoms with Crippen LogP contribution in [-0.2, 0) is 13.5 Å². The molecular formula is C13H14BrCl2N3. The largest absolute Gasteiger partial charge is 0.324 e. The van der Waals surface area contributed by atoms with Crippen molar-refractivity contribution in [2.75, 3.05) is 0 Å². The van der Waals surface area contributed by atoms with Gasteiger partial charge in [-0.05, 0) is 24.6 Å². The summed E-state index contributed by atoms with van der Waals surface area (Å²) in [5, 5.41) is 5.60. The van der Waals surface area contributed by atoms with E-state index in [4.69, 9.17) is 28.9 Å². The predicted octanol–water partition coefficient (Wildman–Crippen LogP) is 4.04. The van der Waals surface area contributed by atoms with Crippen molar-refractivity contribution < 1.29 is 0 Å². The quantitative estimate of drug-likeness (QED) is 0.895. The third-order valence-electron chi connectivity index (χ3n) is 3.04. The Labute approximate surface area is 130 Å². The summed E-state index contributed by atoms with van der Waals surface area (Å²) in [4.78, 5) is 0. The van der Waals surface area contributed by atoms with Crippen LogP contribution < -0.4 is 5.73 Å². The first-order valence-electron chi connectivity index (χ1n) is 5.78. The van der Waals surface area contributed by atoms with Crippen molar-refractivity contribution in [1.29, 1.82) is 0 Å². The van der Waals surface area contributed by atoms with Gasteiger partial charge in [-0.1, -0.05) is 45.2 Å². The van der Waals surface area contributed by atoms with Crippen LogP contribution in [0.4, 0.5) is 0 Å². The predicted molar refractivity (Wildman–Crippen MR) is 82.7 cm³/mol. The van der Waals surface area contributed by atoms with E-state index in [0.29, 0.717) is 16.5 Å². The van der Waals surface area contributed by atoms with E-state index in [2.05, 4.69) is 21.0 Å². The normalized spacial score (nSPS) is 12.7. The molecule has 0 bridgehead atoms. The molecule has 0 saturated heterocycles. The Bertz CT molecular complexity index is 610. The fourth-order valence-corrected chi connectivity index (χ4v) is 3.07. The number of hydrogen-bond donors (Lipinski definition) is 1. The minimum absolute atomic E-state index is 0.215. The van der Waals surface area contributed by atoms with E-state index in [9.17, 15) is 0 Å². The van der Waals surface area contributed by atoms with Crippen LogP contribution in [0.25, 0.3) is 0 Å². The van der Waals surface area contributed by atoms with Crippen molar-refractivity contribution in [3.63, 3.8) is 0 Å². The lowest BCUT2D eigenvalue weighted by Crippen LogP contribution is -2.16. The van der Waals surface area contributed by atoms with E-state index in [1.807, 2.05) is 32.2 Å². The highest BCUT2D eigenvalue weighted by atomic mass is 79.9. The third kappa shape index (κ3) is 3.14. The van der Waals surface area contributed by atoms with Gasteiger partial charge < -0.3 is 5.73 Å². The maximum atomic E-state index is 6.23. The number of nitrogens with zero attached hydrogens (tertiary/aromatic N) is 2. The van der Waals surface area contributed by atoms with Gasteiger partial charge in [0.15, 0.2) is 0 Å². The number of aryl methyl sites for hydroxylation is 2.